The molecule has 1 unspecified atom stereocenters. The van der Waals surface area contributed by atoms with E-state index in [1.807, 2.05) is 6.92 Å². The normalized spacial score (nSPS) is 12.6. The summed E-state index contributed by atoms with van der Waals surface area (Å²) in [6.07, 6.45) is 1.11. The van der Waals surface area contributed by atoms with Crippen LogP contribution in [0.3, 0.4) is 0 Å². The summed E-state index contributed by atoms with van der Waals surface area (Å²) in [5.74, 6) is 1.25. The predicted molar refractivity (Wildman–Crippen MR) is 76.5 cm³/mol. The lowest BCUT2D eigenvalue weighted by Crippen LogP contribution is -2.33. The number of methoxy groups -OCH3 is 1. The van der Waals surface area contributed by atoms with Gasteiger partial charge in [0.1, 0.15) is 5.75 Å². The molecule has 106 valence electrons. The number of ether oxygens (including phenoxy) is 2. The molecule has 4 nitrogen and oxygen atoms in total. The number of hydrogen-bond acceptors (Lipinski definition) is 4. The van der Waals surface area contributed by atoms with Crippen LogP contribution in [-0.4, -0.2) is 30.4 Å². The van der Waals surface area contributed by atoms with Gasteiger partial charge < -0.3 is 19.5 Å². The zero-order valence-electron chi connectivity index (χ0n) is 12.1. The van der Waals surface area contributed by atoms with E-state index in [1.54, 1.807) is 25.3 Å². The van der Waals surface area contributed by atoms with Crippen LogP contribution < -0.4 is 10.2 Å². The van der Waals surface area contributed by atoms with Crippen molar-refractivity contribution in [1.29, 1.82) is 0 Å². The third-order valence-corrected chi connectivity index (χ3v) is 2.95. The molecule has 19 heavy (non-hydrogen) atoms. The summed E-state index contributed by atoms with van der Waals surface area (Å²) < 4.78 is 10.9. The van der Waals surface area contributed by atoms with Crippen LogP contribution in [0, 0.1) is 5.92 Å². The van der Waals surface area contributed by atoms with Gasteiger partial charge in [-0.1, -0.05) is 19.9 Å². The molecule has 0 aliphatic heterocycles. The lowest BCUT2D eigenvalue weighted by molar-refractivity contribution is 0.0399. The van der Waals surface area contributed by atoms with Crippen LogP contribution >= 0.6 is 0 Å². The molecular weight excluding hydrogens is 243 g/mol. The summed E-state index contributed by atoms with van der Waals surface area (Å²) in [7, 11) is 0.0843. The summed E-state index contributed by atoms with van der Waals surface area (Å²) in [5.41, 5.74) is 1.20. The zero-order chi connectivity index (χ0) is 14.4. The van der Waals surface area contributed by atoms with Gasteiger partial charge in [0.05, 0.1) is 19.8 Å². The molecule has 0 radical (unpaired) electrons. The number of benzene rings is 1. The van der Waals surface area contributed by atoms with Gasteiger partial charge in [-0.2, -0.15) is 0 Å². The third-order valence-electron chi connectivity index (χ3n) is 2.95. The Morgan fingerprint density at radius 2 is 1.89 bits per heavy atom. The van der Waals surface area contributed by atoms with Crippen molar-refractivity contribution in [1.82, 2.24) is 0 Å². The van der Waals surface area contributed by atoms with Gasteiger partial charge in [0, 0.05) is 0 Å². The molecule has 1 rings (SSSR count). The van der Waals surface area contributed by atoms with E-state index < -0.39 is 7.12 Å². The number of rotatable bonds is 7. The average Bonchev–Trinajstić information content (AvgIpc) is 2.34. The van der Waals surface area contributed by atoms with E-state index in [-0.39, 0.29) is 6.10 Å². The molecule has 0 bridgehead atoms. The van der Waals surface area contributed by atoms with Gasteiger partial charge in [0.2, 0.25) is 0 Å². The van der Waals surface area contributed by atoms with Crippen LogP contribution in [0.2, 0.25) is 0 Å². The Morgan fingerprint density at radius 1 is 1.21 bits per heavy atom. The van der Waals surface area contributed by atoms with Crippen LogP contribution in [-0.2, 0) is 11.3 Å². The second-order valence-corrected chi connectivity index (χ2v) is 5.19. The predicted octanol–water partition coefficient (Wildman–Crippen LogP) is 1.33. The molecule has 2 N–H and O–H groups in total. The summed E-state index contributed by atoms with van der Waals surface area (Å²) >= 11 is 0. The van der Waals surface area contributed by atoms with E-state index in [0.717, 1.165) is 12.0 Å². The van der Waals surface area contributed by atoms with Gasteiger partial charge in [-0.3, -0.25) is 0 Å². The molecule has 5 heteroatoms. The Morgan fingerprint density at radius 3 is 2.42 bits per heavy atom. The number of hydrogen-bond donors (Lipinski definition) is 2. The van der Waals surface area contributed by atoms with E-state index in [4.69, 9.17) is 9.47 Å². The van der Waals surface area contributed by atoms with E-state index in [9.17, 15) is 10.0 Å². The molecular formula is C14H23BO4. The Balaban J connectivity index is 2.74. The topological polar surface area (TPSA) is 58.9 Å². The Kier molecular flexibility index (Phi) is 6.35. The molecule has 0 heterocycles. The van der Waals surface area contributed by atoms with E-state index >= 15 is 0 Å². The molecule has 1 aromatic rings. The molecule has 0 fully saturated rings. The van der Waals surface area contributed by atoms with Gasteiger partial charge in [0.15, 0.2) is 0 Å². The molecule has 1 aromatic carbocycles. The molecule has 0 aromatic heterocycles. The first-order chi connectivity index (χ1) is 8.93. The minimum Gasteiger partial charge on any atom is -0.497 e. The first-order valence-corrected chi connectivity index (χ1v) is 6.58. The highest BCUT2D eigenvalue weighted by Crippen LogP contribution is 2.15. The quantitative estimate of drug-likeness (QED) is 0.731. The standard InChI is InChI=1S/C14H23BO4/c1-10(2)7-11(3)19-9-12-8-13(18-4)5-6-14(12)15(16)17/h5-6,8,10-11,16-17H,7,9H2,1-4H3. The van der Waals surface area contributed by atoms with Gasteiger partial charge >= 0.3 is 7.12 Å². The van der Waals surface area contributed by atoms with Crippen LogP contribution in [0.1, 0.15) is 32.8 Å². The van der Waals surface area contributed by atoms with Crippen LogP contribution in [0.4, 0.5) is 0 Å². The Hall–Kier alpha value is -1.04. The molecule has 0 saturated heterocycles. The van der Waals surface area contributed by atoms with Crippen LogP contribution in [0.5, 0.6) is 5.75 Å². The third kappa shape index (κ3) is 5.23. The van der Waals surface area contributed by atoms with E-state index in [2.05, 4.69) is 13.8 Å². The van der Waals surface area contributed by atoms with Gasteiger partial charge in [-0.15, -0.1) is 0 Å². The van der Waals surface area contributed by atoms with Crippen molar-refractivity contribution in [3.05, 3.63) is 23.8 Å². The minimum atomic E-state index is -1.50. The lowest BCUT2D eigenvalue weighted by Gasteiger charge is -2.17. The maximum Gasteiger partial charge on any atom is 0.488 e. The maximum absolute atomic E-state index is 9.34. The first kappa shape index (κ1) is 16.0. The monoisotopic (exact) mass is 266 g/mol. The SMILES string of the molecule is COc1ccc(B(O)O)c(COC(C)CC(C)C)c1. The largest absolute Gasteiger partial charge is 0.497 e. The highest BCUT2D eigenvalue weighted by Gasteiger charge is 2.17. The fourth-order valence-electron chi connectivity index (χ4n) is 2.05. The molecule has 0 amide bonds. The van der Waals surface area contributed by atoms with Crippen molar-refractivity contribution >= 4 is 12.6 Å². The first-order valence-electron chi connectivity index (χ1n) is 6.58. The van der Waals surface area contributed by atoms with Crippen molar-refractivity contribution in [3.63, 3.8) is 0 Å². The van der Waals surface area contributed by atoms with Crippen molar-refractivity contribution < 1.29 is 19.5 Å². The van der Waals surface area contributed by atoms with Crippen molar-refractivity contribution in [2.45, 2.75) is 39.9 Å². The smallest absolute Gasteiger partial charge is 0.488 e. The van der Waals surface area contributed by atoms with Crippen LogP contribution in [0.25, 0.3) is 0 Å². The minimum absolute atomic E-state index is 0.134. The zero-order valence-corrected chi connectivity index (χ0v) is 12.1. The maximum atomic E-state index is 9.34. The van der Waals surface area contributed by atoms with Crippen molar-refractivity contribution in [2.24, 2.45) is 5.92 Å². The summed E-state index contributed by atoms with van der Waals surface area (Å²) in [6.45, 7) is 6.66. The van der Waals surface area contributed by atoms with E-state index in [1.165, 1.54) is 0 Å². The summed E-state index contributed by atoms with van der Waals surface area (Å²) in [5, 5.41) is 18.7. The van der Waals surface area contributed by atoms with Gasteiger partial charge in [-0.25, -0.2) is 0 Å². The highest BCUT2D eigenvalue weighted by molar-refractivity contribution is 6.59. The Bertz CT molecular complexity index is 393. The van der Waals surface area contributed by atoms with Gasteiger partial charge in [0.25, 0.3) is 0 Å². The van der Waals surface area contributed by atoms with Gasteiger partial charge in [-0.05, 0) is 42.4 Å². The van der Waals surface area contributed by atoms with Crippen molar-refractivity contribution in [2.75, 3.05) is 7.11 Å². The average molecular weight is 266 g/mol. The van der Waals surface area contributed by atoms with Crippen molar-refractivity contribution in [3.8, 4) is 5.75 Å². The van der Waals surface area contributed by atoms with E-state index in [0.29, 0.717) is 23.7 Å². The lowest BCUT2D eigenvalue weighted by atomic mass is 9.77. The summed E-state index contributed by atoms with van der Waals surface area (Å²) in [4.78, 5) is 0. The summed E-state index contributed by atoms with van der Waals surface area (Å²) in [6, 6.07) is 5.13. The fraction of sp³-hybridized carbons (Fsp3) is 0.571. The fourth-order valence-corrected chi connectivity index (χ4v) is 2.05. The highest BCUT2D eigenvalue weighted by atomic mass is 16.5. The Labute approximate surface area is 115 Å². The molecule has 0 aliphatic carbocycles. The molecule has 0 saturated carbocycles. The molecule has 1 atom stereocenters. The molecule has 0 spiro atoms. The molecule has 0 aliphatic rings. The second-order valence-electron chi connectivity index (χ2n) is 5.19. The van der Waals surface area contributed by atoms with Crippen LogP contribution in [0.15, 0.2) is 18.2 Å². The second kappa shape index (κ2) is 7.53.